The molecule has 0 spiro atoms. The van der Waals surface area contributed by atoms with Crippen LogP contribution >= 0.6 is 11.6 Å². The summed E-state index contributed by atoms with van der Waals surface area (Å²) >= 11 is 6.28. The van der Waals surface area contributed by atoms with Crippen LogP contribution < -0.4 is 9.62 Å². The van der Waals surface area contributed by atoms with Gasteiger partial charge in [-0.3, -0.25) is 13.9 Å². The molecule has 0 aliphatic carbocycles. The number of nitrogens with one attached hydrogen (secondary N) is 1. The third kappa shape index (κ3) is 9.15. The van der Waals surface area contributed by atoms with Crippen molar-refractivity contribution in [1.29, 1.82) is 0 Å². The van der Waals surface area contributed by atoms with Gasteiger partial charge >= 0.3 is 0 Å². The third-order valence-electron chi connectivity index (χ3n) is 7.01. The van der Waals surface area contributed by atoms with Crippen LogP contribution in [0.3, 0.4) is 0 Å². The van der Waals surface area contributed by atoms with Gasteiger partial charge in [-0.1, -0.05) is 71.8 Å². The van der Waals surface area contributed by atoms with E-state index in [0.717, 1.165) is 27.6 Å². The Hall–Kier alpha value is -4.21. The van der Waals surface area contributed by atoms with Gasteiger partial charge in [-0.2, -0.15) is 0 Å². The number of carbonyl (C=O) groups excluding carboxylic acids is 2. The maximum Gasteiger partial charge on any atom is 0.264 e. The fourth-order valence-corrected chi connectivity index (χ4v) is 6.44. The highest BCUT2D eigenvalue weighted by Crippen LogP contribution is 2.26. The van der Waals surface area contributed by atoms with E-state index in [2.05, 4.69) is 5.32 Å². The van der Waals surface area contributed by atoms with E-state index in [0.29, 0.717) is 10.6 Å². The highest BCUT2D eigenvalue weighted by molar-refractivity contribution is 7.92. The Kier molecular flexibility index (Phi) is 10.7. The minimum atomic E-state index is -4.28. The summed E-state index contributed by atoms with van der Waals surface area (Å²) in [7, 11) is -4.28. The monoisotopic (exact) mass is 649 g/mol. The summed E-state index contributed by atoms with van der Waals surface area (Å²) in [6, 6.07) is 26.4. The number of halogens is 2. The molecule has 7 nitrogen and oxygen atoms in total. The molecule has 0 heterocycles. The van der Waals surface area contributed by atoms with Crippen molar-refractivity contribution in [2.24, 2.45) is 0 Å². The van der Waals surface area contributed by atoms with Crippen LogP contribution in [0.5, 0.6) is 0 Å². The molecule has 4 aromatic rings. The van der Waals surface area contributed by atoms with Crippen molar-refractivity contribution in [3.8, 4) is 0 Å². The minimum absolute atomic E-state index is 0.0176. The summed E-state index contributed by atoms with van der Waals surface area (Å²) in [6.45, 7) is 6.71. The van der Waals surface area contributed by atoms with Crippen LogP contribution in [0.15, 0.2) is 108 Å². The Balaban J connectivity index is 1.81. The standard InChI is InChI=1S/C35H37ClFN3O4S/c1-25-13-19-31(20-14-25)45(43,44)40(30-17-15-29(37)16-18-30)24-33(41)39(23-27-11-8-12-28(36)21-27)32(34(42)38-35(2,3)4)22-26-9-6-5-7-10-26/h5-21,32H,22-24H2,1-4H3,(H,38,42). The van der Waals surface area contributed by atoms with E-state index in [1.807, 2.05) is 58.0 Å². The maximum atomic E-state index is 14.4. The molecule has 2 amide bonds. The van der Waals surface area contributed by atoms with Gasteiger partial charge in [-0.25, -0.2) is 12.8 Å². The van der Waals surface area contributed by atoms with Crippen LogP contribution in [-0.2, 0) is 32.6 Å². The van der Waals surface area contributed by atoms with E-state index in [-0.39, 0.29) is 23.5 Å². The number of aryl methyl sites for hydroxylation is 1. The lowest BCUT2D eigenvalue weighted by atomic mass is 10.0. The van der Waals surface area contributed by atoms with Crippen LogP contribution in [0.1, 0.15) is 37.5 Å². The predicted molar refractivity (Wildman–Crippen MR) is 176 cm³/mol. The average molecular weight is 650 g/mol. The summed E-state index contributed by atoms with van der Waals surface area (Å²) in [6.07, 6.45) is 0.177. The third-order valence-corrected chi connectivity index (χ3v) is 9.04. The van der Waals surface area contributed by atoms with E-state index in [1.165, 1.54) is 29.2 Å². The minimum Gasteiger partial charge on any atom is -0.350 e. The van der Waals surface area contributed by atoms with Crippen molar-refractivity contribution in [3.05, 3.63) is 131 Å². The lowest BCUT2D eigenvalue weighted by Crippen LogP contribution is -2.56. The van der Waals surface area contributed by atoms with Crippen molar-refractivity contribution < 1.29 is 22.4 Å². The van der Waals surface area contributed by atoms with Crippen molar-refractivity contribution in [2.45, 2.75) is 57.1 Å². The van der Waals surface area contributed by atoms with Gasteiger partial charge < -0.3 is 10.2 Å². The number of nitrogens with zero attached hydrogens (tertiary/aromatic N) is 2. The molecule has 0 saturated heterocycles. The molecule has 0 bridgehead atoms. The Bertz CT molecular complexity index is 1730. The van der Waals surface area contributed by atoms with E-state index in [9.17, 15) is 22.4 Å². The molecule has 0 aromatic heterocycles. The molecule has 10 heteroatoms. The van der Waals surface area contributed by atoms with Gasteiger partial charge in [0.1, 0.15) is 18.4 Å². The molecule has 0 aliphatic heterocycles. The number of carbonyl (C=O) groups is 2. The number of hydrogen-bond donors (Lipinski definition) is 1. The topological polar surface area (TPSA) is 86.8 Å². The maximum absolute atomic E-state index is 14.4. The van der Waals surface area contributed by atoms with E-state index >= 15 is 0 Å². The Morgan fingerprint density at radius 2 is 1.49 bits per heavy atom. The van der Waals surface area contributed by atoms with Crippen LogP contribution in [0, 0.1) is 12.7 Å². The van der Waals surface area contributed by atoms with Crippen LogP contribution in [-0.4, -0.2) is 43.3 Å². The highest BCUT2D eigenvalue weighted by Gasteiger charge is 2.35. The molecule has 0 saturated carbocycles. The second-order valence-corrected chi connectivity index (χ2v) is 14.2. The molecule has 4 rings (SSSR count). The zero-order valence-electron chi connectivity index (χ0n) is 25.7. The molecule has 4 aromatic carbocycles. The number of rotatable bonds is 11. The first-order valence-corrected chi connectivity index (χ1v) is 16.3. The average Bonchev–Trinajstić information content (AvgIpc) is 2.98. The smallest absolute Gasteiger partial charge is 0.264 e. The zero-order valence-corrected chi connectivity index (χ0v) is 27.3. The quantitative estimate of drug-likeness (QED) is 0.200. The summed E-state index contributed by atoms with van der Waals surface area (Å²) in [5.74, 6) is -1.57. The van der Waals surface area contributed by atoms with Crippen LogP contribution in [0.4, 0.5) is 10.1 Å². The molecule has 0 radical (unpaired) electrons. The molecule has 1 atom stereocenters. The van der Waals surface area contributed by atoms with Gasteiger partial charge in [-0.15, -0.1) is 0 Å². The number of sulfonamides is 1. The van der Waals surface area contributed by atoms with Gasteiger partial charge in [0.05, 0.1) is 10.6 Å². The summed E-state index contributed by atoms with van der Waals surface area (Å²) in [5, 5.41) is 3.44. The van der Waals surface area contributed by atoms with E-state index < -0.39 is 45.8 Å². The highest BCUT2D eigenvalue weighted by atomic mass is 35.5. The molecular weight excluding hydrogens is 613 g/mol. The van der Waals surface area contributed by atoms with Crippen LogP contribution in [0.2, 0.25) is 5.02 Å². The SMILES string of the molecule is Cc1ccc(S(=O)(=O)N(CC(=O)N(Cc2cccc(Cl)c2)C(Cc2ccccc2)C(=O)NC(C)(C)C)c2ccc(F)cc2)cc1. The number of hydrogen-bond acceptors (Lipinski definition) is 4. The number of anilines is 1. The van der Waals surface area contributed by atoms with Gasteiger partial charge in [0.25, 0.3) is 10.0 Å². The molecule has 45 heavy (non-hydrogen) atoms. The largest absolute Gasteiger partial charge is 0.350 e. The molecule has 1 N–H and O–H groups in total. The van der Waals surface area contributed by atoms with E-state index in [4.69, 9.17) is 11.6 Å². The fraction of sp³-hybridized carbons (Fsp3) is 0.257. The van der Waals surface area contributed by atoms with Gasteiger partial charge in [0.2, 0.25) is 11.8 Å². The van der Waals surface area contributed by atoms with Crippen molar-refractivity contribution in [1.82, 2.24) is 10.2 Å². The Morgan fingerprint density at radius 1 is 0.867 bits per heavy atom. The van der Waals surface area contributed by atoms with E-state index in [1.54, 1.807) is 36.4 Å². The Labute approximate surface area is 269 Å². The second kappa shape index (κ2) is 14.3. The number of benzene rings is 4. The normalized spacial score (nSPS) is 12.3. The first-order valence-electron chi connectivity index (χ1n) is 14.5. The van der Waals surface area contributed by atoms with Gasteiger partial charge in [0.15, 0.2) is 0 Å². The molecule has 236 valence electrons. The molecule has 0 fully saturated rings. The first-order chi connectivity index (χ1) is 21.2. The summed E-state index contributed by atoms with van der Waals surface area (Å²) < 4.78 is 42.9. The second-order valence-electron chi connectivity index (χ2n) is 11.9. The molecule has 1 unspecified atom stereocenters. The first kappa shape index (κ1) is 33.7. The van der Waals surface area contributed by atoms with Gasteiger partial charge in [0, 0.05) is 23.5 Å². The number of amides is 2. The lowest BCUT2D eigenvalue weighted by molar-refractivity contribution is -0.140. The van der Waals surface area contributed by atoms with Crippen molar-refractivity contribution in [3.63, 3.8) is 0 Å². The summed E-state index contributed by atoms with van der Waals surface area (Å²) in [4.78, 5) is 29.7. The van der Waals surface area contributed by atoms with Crippen LogP contribution in [0.25, 0.3) is 0 Å². The fourth-order valence-electron chi connectivity index (χ4n) is 4.81. The zero-order chi connectivity index (χ0) is 32.8. The van der Waals surface area contributed by atoms with Gasteiger partial charge in [-0.05, 0) is 87.4 Å². The summed E-state index contributed by atoms with van der Waals surface area (Å²) in [5.41, 5.74) is 1.84. The molecular formula is C35H37ClFN3O4S. The molecule has 0 aliphatic rings. The van der Waals surface area contributed by atoms with Crippen molar-refractivity contribution in [2.75, 3.05) is 10.8 Å². The lowest BCUT2D eigenvalue weighted by Gasteiger charge is -2.35. The predicted octanol–water partition coefficient (Wildman–Crippen LogP) is 6.54. The Morgan fingerprint density at radius 3 is 2.09 bits per heavy atom. The van der Waals surface area contributed by atoms with Crippen molar-refractivity contribution >= 4 is 39.1 Å².